The number of anilines is 1. The van der Waals surface area contributed by atoms with Crippen LogP contribution in [0.25, 0.3) is 0 Å². The number of nitrogens with one attached hydrogen (secondary N) is 2. The molecule has 0 saturated carbocycles. The Bertz CT molecular complexity index is 844. The minimum absolute atomic E-state index is 0.356. The zero-order valence-corrected chi connectivity index (χ0v) is 16.3. The van der Waals surface area contributed by atoms with E-state index in [1.807, 2.05) is 19.9 Å². The molecule has 0 bridgehead atoms. The average Bonchev–Trinajstić information content (AvgIpc) is 2.61. The highest BCUT2D eigenvalue weighted by molar-refractivity contribution is 6.34. The second-order valence-corrected chi connectivity index (χ2v) is 6.68. The van der Waals surface area contributed by atoms with Crippen molar-refractivity contribution < 1.29 is 19.1 Å². The molecule has 2 amide bonds. The number of aryl methyl sites for hydroxylation is 2. The minimum atomic E-state index is -0.737. The second-order valence-electron chi connectivity index (χ2n) is 5.84. The fourth-order valence-electron chi connectivity index (χ4n) is 2.30. The molecule has 0 aromatic heterocycles. The molecule has 142 valence electrons. The number of amides is 2. The monoisotopic (exact) mass is 408 g/mol. The SMILES string of the molecule is Cc1cc(C)c(NC(=O)COC(=O)CNC(=O)c2ccc(Cl)cc2)c(Cl)c1. The number of esters is 1. The van der Waals surface area contributed by atoms with Gasteiger partial charge in [-0.05, 0) is 55.3 Å². The number of benzene rings is 2. The lowest BCUT2D eigenvalue weighted by Gasteiger charge is -2.12. The lowest BCUT2D eigenvalue weighted by molar-refractivity contribution is -0.146. The van der Waals surface area contributed by atoms with Crippen molar-refractivity contribution >= 4 is 46.7 Å². The van der Waals surface area contributed by atoms with Crippen LogP contribution in [-0.4, -0.2) is 30.9 Å². The van der Waals surface area contributed by atoms with Gasteiger partial charge >= 0.3 is 5.97 Å². The maximum Gasteiger partial charge on any atom is 0.325 e. The van der Waals surface area contributed by atoms with Crippen LogP contribution in [0.15, 0.2) is 36.4 Å². The summed E-state index contributed by atoms with van der Waals surface area (Å²) < 4.78 is 4.85. The molecule has 2 aromatic rings. The van der Waals surface area contributed by atoms with Crippen LogP contribution in [0.4, 0.5) is 5.69 Å². The van der Waals surface area contributed by atoms with Gasteiger partial charge in [-0.15, -0.1) is 0 Å². The smallest absolute Gasteiger partial charge is 0.325 e. The van der Waals surface area contributed by atoms with Gasteiger partial charge in [0.15, 0.2) is 6.61 Å². The van der Waals surface area contributed by atoms with Crippen LogP contribution in [0.1, 0.15) is 21.5 Å². The number of rotatable bonds is 6. The summed E-state index contributed by atoms with van der Waals surface area (Å²) >= 11 is 11.9. The van der Waals surface area contributed by atoms with Crippen molar-refractivity contribution in [1.82, 2.24) is 5.32 Å². The van der Waals surface area contributed by atoms with Gasteiger partial charge in [0, 0.05) is 10.6 Å². The van der Waals surface area contributed by atoms with Crippen LogP contribution in [-0.2, 0) is 14.3 Å². The molecule has 0 unspecified atom stereocenters. The number of carbonyl (C=O) groups is 3. The summed E-state index contributed by atoms with van der Waals surface area (Å²) in [5, 5.41) is 5.92. The van der Waals surface area contributed by atoms with Gasteiger partial charge in [-0.25, -0.2) is 0 Å². The van der Waals surface area contributed by atoms with E-state index in [0.717, 1.165) is 11.1 Å². The van der Waals surface area contributed by atoms with E-state index in [1.54, 1.807) is 18.2 Å². The first-order valence-electron chi connectivity index (χ1n) is 8.02. The third-order valence-electron chi connectivity index (χ3n) is 3.56. The van der Waals surface area contributed by atoms with Crippen molar-refractivity contribution in [1.29, 1.82) is 0 Å². The molecule has 2 aromatic carbocycles. The highest BCUT2D eigenvalue weighted by Crippen LogP contribution is 2.27. The largest absolute Gasteiger partial charge is 0.454 e. The summed E-state index contributed by atoms with van der Waals surface area (Å²) in [7, 11) is 0. The second kappa shape index (κ2) is 9.39. The first kappa shape index (κ1) is 20.7. The summed E-state index contributed by atoms with van der Waals surface area (Å²) in [6.07, 6.45) is 0. The maximum atomic E-state index is 12.0. The number of halogens is 2. The van der Waals surface area contributed by atoms with Crippen LogP contribution in [0.5, 0.6) is 0 Å². The maximum absolute atomic E-state index is 12.0. The Morgan fingerprint density at radius 2 is 1.70 bits per heavy atom. The molecule has 0 spiro atoms. The molecule has 0 aliphatic heterocycles. The van der Waals surface area contributed by atoms with E-state index in [4.69, 9.17) is 27.9 Å². The molecule has 0 aliphatic carbocycles. The number of hydrogen-bond donors (Lipinski definition) is 2. The molecule has 2 N–H and O–H groups in total. The summed E-state index contributed by atoms with van der Waals surface area (Å²) in [4.78, 5) is 35.5. The first-order valence-corrected chi connectivity index (χ1v) is 8.78. The van der Waals surface area contributed by atoms with Crippen LogP contribution in [0.3, 0.4) is 0 Å². The molecule has 0 radical (unpaired) electrons. The molecule has 0 heterocycles. The van der Waals surface area contributed by atoms with Crippen LogP contribution in [0, 0.1) is 13.8 Å². The molecule has 6 nitrogen and oxygen atoms in total. The highest BCUT2D eigenvalue weighted by Gasteiger charge is 2.13. The molecule has 0 atom stereocenters. The van der Waals surface area contributed by atoms with Crippen molar-refractivity contribution in [2.45, 2.75) is 13.8 Å². The quantitative estimate of drug-likeness (QED) is 0.716. The normalized spacial score (nSPS) is 10.2. The van der Waals surface area contributed by atoms with E-state index in [2.05, 4.69) is 10.6 Å². The highest BCUT2D eigenvalue weighted by atomic mass is 35.5. The molecular weight excluding hydrogens is 391 g/mol. The third kappa shape index (κ3) is 6.27. The molecule has 0 aliphatic rings. The fraction of sp³-hybridized carbons (Fsp3) is 0.211. The lowest BCUT2D eigenvalue weighted by Crippen LogP contribution is -2.32. The molecular formula is C19H18Cl2N2O4. The van der Waals surface area contributed by atoms with Crippen LogP contribution >= 0.6 is 23.2 Å². The van der Waals surface area contributed by atoms with Gasteiger partial charge in [0.2, 0.25) is 0 Å². The number of ether oxygens (including phenoxy) is 1. The summed E-state index contributed by atoms with van der Waals surface area (Å²) in [6.45, 7) is 2.86. The van der Waals surface area contributed by atoms with Crippen molar-refractivity contribution in [2.24, 2.45) is 0 Å². The van der Waals surface area contributed by atoms with Crippen molar-refractivity contribution in [2.75, 3.05) is 18.5 Å². The minimum Gasteiger partial charge on any atom is -0.454 e. The van der Waals surface area contributed by atoms with E-state index in [9.17, 15) is 14.4 Å². The number of carbonyl (C=O) groups excluding carboxylic acids is 3. The van der Waals surface area contributed by atoms with Gasteiger partial charge in [0.25, 0.3) is 11.8 Å². The number of hydrogen-bond acceptors (Lipinski definition) is 4. The summed E-state index contributed by atoms with van der Waals surface area (Å²) in [5.41, 5.74) is 2.60. The van der Waals surface area contributed by atoms with Gasteiger partial charge in [-0.3, -0.25) is 14.4 Å². The third-order valence-corrected chi connectivity index (χ3v) is 4.11. The van der Waals surface area contributed by atoms with E-state index < -0.39 is 24.4 Å². The van der Waals surface area contributed by atoms with Crippen LogP contribution in [0.2, 0.25) is 10.0 Å². The van der Waals surface area contributed by atoms with Gasteiger partial charge in [0.1, 0.15) is 6.54 Å². The Labute approximate surface area is 166 Å². The predicted molar refractivity (Wildman–Crippen MR) is 104 cm³/mol. The van der Waals surface area contributed by atoms with E-state index >= 15 is 0 Å². The summed E-state index contributed by atoms with van der Waals surface area (Å²) in [5.74, 6) is -1.71. The van der Waals surface area contributed by atoms with Gasteiger partial charge in [0.05, 0.1) is 10.7 Å². The molecule has 0 fully saturated rings. The zero-order chi connectivity index (χ0) is 20.0. The predicted octanol–water partition coefficient (Wildman–Crippen LogP) is 3.52. The molecule has 8 heteroatoms. The molecule has 0 saturated heterocycles. The fourth-order valence-corrected chi connectivity index (χ4v) is 2.80. The zero-order valence-electron chi connectivity index (χ0n) is 14.8. The molecule has 27 heavy (non-hydrogen) atoms. The molecule has 2 rings (SSSR count). The van der Waals surface area contributed by atoms with E-state index in [-0.39, 0.29) is 6.54 Å². The standard InChI is InChI=1S/C19H18Cl2N2O4/c1-11-7-12(2)18(15(21)8-11)23-16(24)10-27-17(25)9-22-19(26)13-3-5-14(20)6-4-13/h3-8H,9-10H2,1-2H3,(H,22,26)(H,23,24). The van der Waals surface area contributed by atoms with Crippen LogP contribution < -0.4 is 10.6 Å². The van der Waals surface area contributed by atoms with Crippen molar-refractivity contribution in [3.63, 3.8) is 0 Å². The Balaban J connectivity index is 1.79. The van der Waals surface area contributed by atoms with Gasteiger partial charge in [-0.1, -0.05) is 29.3 Å². The Morgan fingerprint density at radius 1 is 1.04 bits per heavy atom. The Hall–Kier alpha value is -2.57. The first-order chi connectivity index (χ1) is 12.8. The lowest BCUT2D eigenvalue weighted by atomic mass is 10.1. The van der Waals surface area contributed by atoms with Crippen molar-refractivity contribution in [3.05, 3.63) is 63.1 Å². The average molecular weight is 409 g/mol. The van der Waals surface area contributed by atoms with Gasteiger partial charge < -0.3 is 15.4 Å². The summed E-state index contributed by atoms with van der Waals surface area (Å²) in [6, 6.07) is 9.80. The van der Waals surface area contributed by atoms with Gasteiger partial charge in [-0.2, -0.15) is 0 Å². The Morgan fingerprint density at radius 3 is 2.33 bits per heavy atom. The topological polar surface area (TPSA) is 84.5 Å². The van der Waals surface area contributed by atoms with E-state index in [0.29, 0.717) is 21.3 Å². The Kier molecular flexibility index (Phi) is 7.21. The van der Waals surface area contributed by atoms with Crippen molar-refractivity contribution in [3.8, 4) is 0 Å². The van der Waals surface area contributed by atoms with E-state index in [1.165, 1.54) is 12.1 Å².